The molecule has 0 fully saturated rings. The van der Waals surface area contributed by atoms with Gasteiger partial charge < -0.3 is 19.8 Å². The first-order valence-electron chi connectivity index (χ1n) is 6.15. The number of nitrogens with zero attached hydrogens (tertiary/aromatic N) is 3. The highest BCUT2D eigenvalue weighted by Crippen LogP contribution is 2.32. The van der Waals surface area contributed by atoms with Crippen LogP contribution in [0.3, 0.4) is 0 Å². The molecule has 0 aliphatic rings. The molecule has 2 N–H and O–H groups in total. The van der Waals surface area contributed by atoms with Crippen LogP contribution >= 0.6 is 0 Å². The fourth-order valence-electron chi connectivity index (χ4n) is 2.12. The van der Waals surface area contributed by atoms with E-state index in [4.69, 9.17) is 20.5 Å². The summed E-state index contributed by atoms with van der Waals surface area (Å²) in [6, 6.07) is 8.78. The Morgan fingerprint density at radius 3 is 2.45 bits per heavy atom. The number of nitriles is 2. The number of aromatic nitrogens is 1. The molecule has 0 atom stereocenters. The van der Waals surface area contributed by atoms with E-state index in [1.54, 1.807) is 18.2 Å². The van der Waals surface area contributed by atoms with Crippen LogP contribution in [0.2, 0.25) is 0 Å². The van der Waals surface area contributed by atoms with Gasteiger partial charge in [-0.3, -0.25) is 0 Å². The molecular weight excluding hydrogens is 284 g/mol. The molecule has 2 aromatic rings. The molecule has 1 aromatic carbocycles. The summed E-state index contributed by atoms with van der Waals surface area (Å²) in [6.07, 6.45) is 1.38. The van der Waals surface area contributed by atoms with Crippen molar-refractivity contribution in [1.29, 1.82) is 10.5 Å². The quantitative estimate of drug-likeness (QED) is 0.860. The van der Waals surface area contributed by atoms with E-state index in [-0.39, 0.29) is 22.5 Å². The maximum absolute atomic E-state index is 12.0. The number of benzene rings is 1. The van der Waals surface area contributed by atoms with Gasteiger partial charge in [0.2, 0.25) is 0 Å². The van der Waals surface area contributed by atoms with E-state index in [2.05, 4.69) is 0 Å². The van der Waals surface area contributed by atoms with Gasteiger partial charge in [0, 0.05) is 6.20 Å². The summed E-state index contributed by atoms with van der Waals surface area (Å²) in [5.74, 6) is -0.350. The Balaban J connectivity index is 2.88. The number of hydrogen-bond donors (Lipinski definition) is 1. The fraction of sp³-hybridized carbons (Fsp3) is 0.133. The van der Waals surface area contributed by atoms with Crippen LogP contribution in [0.4, 0.5) is 5.69 Å². The van der Waals surface area contributed by atoms with E-state index in [9.17, 15) is 10.1 Å². The van der Waals surface area contributed by atoms with E-state index in [1.807, 2.05) is 12.1 Å². The first kappa shape index (κ1) is 14.9. The number of esters is 1. The lowest BCUT2D eigenvalue weighted by Crippen LogP contribution is -2.12. The highest BCUT2D eigenvalue weighted by molar-refractivity contribution is 5.96. The number of methoxy groups -OCH3 is 2. The lowest BCUT2D eigenvalue weighted by Gasteiger charge is -2.13. The average molecular weight is 296 g/mol. The number of hydrogen-bond acceptors (Lipinski definition) is 6. The van der Waals surface area contributed by atoms with Gasteiger partial charge in [-0.1, -0.05) is 6.07 Å². The highest BCUT2D eigenvalue weighted by atomic mass is 16.5. The number of anilines is 1. The lowest BCUT2D eigenvalue weighted by molar-refractivity contribution is 0.0593. The SMILES string of the molecule is COC(=O)c1c(N)c(C#N)cn1-c1c(C#N)cccc1OC. The van der Waals surface area contributed by atoms with E-state index < -0.39 is 5.97 Å². The molecule has 22 heavy (non-hydrogen) atoms. The zero-order chi connectivity index (χ0) is 16.3. The molecule has 0 aliphatic carbocycles. The van der Waals surface area contributed by atoms with Gasteiger partial charge in [0.25, 0.3) is 0 Å². The number of nitrogen functional groups attached to an aromatic ring is 1. The minimum atomic E-state index is -0.714. The molecular formula is C15H12N4O3. The zero-order valence-electron chi connectivity index (χ0n) is 12.0. The second-order valence-corrected chi connectivity index (χ2v) is 4.25. The van der Waals surface area contributed by atoms with Crippen LogP contribution in [0.15, 0.2) is 24.4 Å². The molecule has 0 radical (unpaired) electrons. The van der Waals surface area contributed by atoms with E-state index in [0.717, 1.165) is 0 Å². The Bertz CT molecular complexity index is 825. The lowest BCUT2D eigenvalue weighted by atomic mass is 10.1. The summed E-state index contributed by atoms with van der Waals surface area (Å²) < 4.78 is 11.3. The van der Waals surface area contributed by atoms with Crippen molar-refractivity contribution in [2.45, 2.75) is 0 Å². The van der Waals surface area contributed by atoms with Crippen LogP contribution in [0.1, 0.15) is 21.6 Å². The van der Waals surface area contributed by atoms with Crippen molar-refractivity contribution < 1.29 is 14.3 Å². The Morgan fingerprint density at radius 1 is 1.23 bits per heavy atom. The third-order valence-corrected chi connectivity index (χ3v) is 3.12. The van der Waals surface area contributed by atoms with Crippen LogP contribution in [-0.2, 0) is 4.74 Å². The van der Waals surface area contributed by atoms with Crippen molar-refractivity contribution in [1.82, 2.24) is 4.57 Å². The van der Waals surface area contributed by atoms with Crippen LogP contribution in [-0.4, -0.2) is 24.8 Å². The summed E-state index contributed by atoms with van der Waals surface area (Å²) in [5, 5.41) is 18.4. The number of nitrogens with two attached hydrogens (primary N) is 1. The molecule has 0 spiro atoms. The van der Waals surface area contributed by atoms with Gasteiger partial charge >= 0.3 is 5.97 Å². The van der Waals surface area contributed by atoms with Crippen LogP contribution < -0.4 is 10.5 Å². The van der Waals surface area contributed by atoms with Gasteiger partial charge in [-0.2, -0.15) is 10.5 Å². The number of rotatable bonds is 3. The predicted octanol–water partition coefficient (Wildman–Crippen LogP) is 1.60. The van der Waals surface area contributed by atoms with Crippen molar-refractivity contribution >= 4 is 11.7 Å². The van der Waals surface area contributed by atoms with Gasteiger partial charge in [0.1, 0.15) is 23.6 Å². The Hall–Kier alpha value is -3.45. The maximum atomic E-state index is 12.0. The minimum absolute atomic E-state index is 0.0101. The van der Waals surface area contributed by atoms with Gasteiger partial charge in [0.05, 0.1) is 31.0 Å². The molecule has 2 rings (SSSR count). The number of carbonyl (C=O) groups excluding carboxylic acids is 1. The highest BCUT2D eigenvalue weighted by Gasteiger charge is 2.24. The smallest absolute Gasteiger partial charge is 0.357 e. The Labute approximate surface area is 126 Å². The van der Waals surface area contributed by atoms with Crippen molar-refractivity contribution in [3.63, 3.8) is 0 Å². The molecule has 110 valence electrons. The average Bonchev–Trinajstić information content (AvgIpc) is 2.89. The van der Waals surface area contributed by atoms with Gasteiger partial charge in [0.15, 0.2) is 5.69 Å². The van der Waals surface area contributed by atoms with E-state index in [1.165, 1.54) is 25.0 Å². The summed E-state index contributed by atoms with van der Waals surface area (Å²) in [4.78, 5) is 12.0. The first-order valence-corrected chi connectivity index (χ1v) is 6.15. The van der Waals surface area contributed by atoms with Gasteiger partial charge in [-0.25, -0.2) is 4.79 Å². The molecule has 0 unspecified atom stereocenters. The molecule has 7 nitrogen and oxygen atoms in total. The number of ether oxygens (including phenoxy) is 2. The number of para-hydroxylation sites is 1. The molecule has 1 aromatic heterocycles. The number of carbonyl (C=O) groups is 1. The van der Waals surface area contributed by atoms with Gasteiger partial charge in [-0.05, 0) is 12.1 Å². The second-order valence-electron chi connectivity index (χ2n) is 4.25. The summed E-state index contributed by atoms with van der Waals surface area (Å²) in [6.45, 7) is 0. The third-order valence-electron chi connectivity index (χ3n) is 3.12. The van der Waals surface area contributed by atoms with Crippen LogP contribution in [0, 0.1) is 22.7 Å². The molecule has 1 heterocycles. The summed E-state index contributed by atoms with van der Waals surface area (Å²) in [7, 11) is 2.65. The summed E-state index contributed by atoms with van der Waals surface area (Å²) >= 11 is 0. The van der Waals surface area contributed by atoms with Gasteiger partial charge in [-0.15, -0.1) is 0 Å². The first-order chi connectivity index (χ1) is 10.6. The molecule has 0 aliphatic heterocycles. The molecule has 0 bridgehead atoms. The van der Waals surface area contributed by atoms with E-state index in [0.29, 0.717) is 11.4 Å². The van der Waals surface area contributed by atoms with Crippen LogP contribution in [0.25, 0.3) is 5.69 Å². The molecule has 7 heteroatoms. The summed E-state index contributed by atoms with van der Waals surface area (Å²) in [5.41, 5.74) is 6.50. The largest absolute Gasteiger partial charge is 0.495 e. The Kier molecular flexibility index (Phi) is 4.01. The van der Waals surface area contributed by atoms with E-state index >= 15 is 0 Å². The molecule has 0 saturated carbocycles. The third kappa shape index (κ3) is 2.21. The minimum Gasteiger partial charge on any atom is -0.495 e. The van der Waals surface area contributed by atoms with Crippen molar-refractivity contribution in [3.05, 3.63) is 41.2 Å². The zero-order valence-corrected chi connectivity index (χ0v) is 12.0. The predicted molar refractivity (Wildman–Crippen MR) is 77.5 cm³/mol. The maximum Gasteiger partial charge on any atom is 0.357 e. The Morgan fingerprint density at radius 2 is 1.91 bits per heavy atom. The second kappa shape index (κ2) is 5.90. The topological polar surface area (TPSA) is 114 Å². The molecule has 0 amide bonds. The van der Waals surface area contributed by atoms with Crippen molar-refractivity contribution in [2.24, 2.45) is 0 Å². The molecule has 0 saturated heterocycles. The van der Waals surface area contributed by atoms with Crippen molar-refractivity contribution in [2.75, 3.05) is 20.0 Å². The van der Waals surface area contributed by atoms with Crippen LogP contribution in [0.5, 0.6) is 5.75 Å². The standard InChI is InChI=1S/C15H12N4O3/c1-21-11-5-3-4-9(6-16)13(11)19-8-10(7-17)12(18)14(19)15(20)22-2/h3-5,8H,18H2,1-2H3. The monoisotopic (exact) mass is 296 g/mol. The fourth-order valence-corrected chi connectivity index (χ4v) is 2.12. The normalized spacial score (nSPS) is 9.64. The van der Waals surface area contributed by atoms with Crippen molar-refractivity contribution in [3.8, 4) is 23.6 Å².